The lowest BCUT2D eigenvalue weighted by molar-refractivity contribution is 1.25. The molecule has 16 heavy (non-hydrogen) atoms. The minimum Gasteiger partial charge on any atom is -0.241 e. The third-order valence-electron chi connectivity index (χ3n) is 2.15. The Morgan fingerprint density at radius 1 is 1.44 bits per heavy atom. The molecule has 0 saturated heterocycles. The van der Waals surface area contributed by atoms with Gasteiger partial charge in [-0.1, -0.05) is 0 Å². The molecular weight excluding hydrogens is 236 g/mol. The highest BCUT2D eigenvalue weighted by Gasteiger charge is 2.06. The van der Waals surface area contributed by atoms with E-state index in [1.54, 1.807) is 11.3 Å². The molecule has 0 aliphatic carbocycles. The van der Waals surface area contributed by atoms with Crippen molar-refractivity contribution in [3.63, 3.8) is 0 Å². The molecule has 0 bridgehead atoms. The fraction of sp³-hybridized carbons (Fsp3) is 0.167. The highest BCUT2D eigenvalue weighted by atomic mass is 32.1. The van der Waals surface area contributed by atoms with E-state index in [0.29, 0.717) is 5.57 Å². The van der Waals surface area contributed by atoms with Crippen LogP contribution in [0.15, 0.2) is 16.8 Å². The van der Waals surface area contributed by atoms with Crippen LogP contribution in [-0.2, 0) is 0 Å². The maximum Gasteiger partial charge on any atom is 0.134 e. The van der Waals surface area contributed by atoms with Crippen molar-refractivity contribution in [2.75, 3.05) is 0 Å². The van der Waals surface area contributed by atoms with E-state index >= 15 is 0 Å². The molecular formula is C12H10N2S2. The molecule has 2 aromatic rings. The third kappa shape index (κ3) is 2.21. The molecule has 80 valence electrons. The number of hydrogen-bond donors (Lipinski definition) is 0. The Labute approximate surface area is 103 Å². The molecule has 0 N–H and O–H groups in total. The molecule has 0 aliphatic rings. The zero-order valence-electron chi connectivity index (χ0n) is 9.02. The van der Waals surface area contributed by atoms with Crippen LogP contribution in [-0.4, -0.2) is 4.98 Å². The molecule has 0 amide bonds. The molecule has 2 nitrogen and oxygen atoms in total. The van der Waals surface area contributed by atoms with Crippen molar-refractivity contribution in [2.24, 2.45) is 0 Å². The van der Waals surface area contributed by atoms with Crippen molar-refractivity contribution < 1.29 is 0 Å². The Morgan fingerprint density at radius 2 is 2.25 bits per heavy atom. The van der Waals surface area contributed by atoms with Gasteiger partial charge in [0.15, 0.2) is 0 Å². The summed E-state index contributed by atoms with van der Waals surface area (Å²) in [6.07, 6.45) is 1.91. The van der Waals surface area contributed by atoms with E-state index in [1.165, 1.54) is 16.9 Å². The zero-order valence-corrected chi connectivity index (χ0v) is 10.7. The average Bonchev–Trinajstić information content (AvgIpc) is 2.85. The molecule has 0 spiro atoms. The molecule has 0 aliphatic heterocycles. The van der Waals surface area contributed by atoms with Crippen LogP contribution >= 0.6 is 22.7 Å². The summed E-state index contributed by atoms with van der Waals surface area (Å²) < 4.78 is 0. The zero-order chi connectivity index (χ0) is 11.5. The summed E-state index contributed by atoms with van der Waals surface area (Å²) >= 11 is 3.16. The first-order chi connectivity index (χ1) is 7.70. The molecule has 2 heterocycles. The number of thiophene rings is 1. The molecule has 0 radical (unpaired) electrons. The number of aromatic nitrogens is 1. The van der Waals surface area contributed by atoms with Gasteiger partial charge in [-0.3, -0.25) is 0 Å². The SMILES string of the molecule is Cc1csc(/C(C#N)=C/c2sccc2C)n1. The first kappa shape index (κ1) is 11.1. The second-order valence-corrected chi connectivity index (χ2v) is 5.24. The summed E-state index contributed by atoms with van der Waals surface area (Å²) in [6, 6.07) is 4.27. The van der Waals surface area contributed by atoms with E-state index in [4.69, 9.17) is 5.26 Å². The van der Waals surface area contributed by atoms with Gasteiger partial charge in [-0.25, -0.2) is 4.98 Å². The molecule has 0 aromatic carbocycles. The highest BCUT2D eigenvalue weighted by molar-refractivity contribution is 7.12. The van der Waals surface area contributed by atoms with E-state index < -0.39 is 0 Å². The molecule has 2 rings (SSSR count). The van der Waals surface area contributed by atoms with Gasteiger partial charge in [0.25, 0.3) is 0 Å². The molecule has 2 aromatic heterocycles. The summed E-state index contributed by atoms with van der Waals surface area (Å²) in [7, 11) is 0. The molecule has 0 fully saturated rings. The topological polar surface area (TPSA) is 36.7 Å². The average molecular weight is 246 g/mol. The first-order valence-electron chi connectivity index (χ1n) is 4.79. The number of allylic oxidation sites excluding steroid dienone is 1. The van der Waals surface area contributed by atoms with E-state index in [-0.39, 0.29) is 0 Å². The van der Waals surface area contributed by atoms with E-state index in [9.17, 15) is 0 Å². The van der Waals surface area contributed by atoms with Gasteiger partial charge in [0.2, 0.25) is 0 Å². The van der Waals surface area contributed by atoms with Crippen LogP contribution in [0.3, 0.4) is 0 Å². The molecule has 0 saturated carbocycles. The van der Waals surface area contributed by atoms with Crippen molar-refractivity contribution in [1.29, 1.82) is 5.26 Å². The van der Waals surface area contributed by atoms with Crippen molar-refractivity contribution >= 4 is 34.3 Å². The minimum atomic E-state index is 0.642. The van der Waals surface area contributed by atoms with Crippen molar-refractivity contribution in [1.82, 2.24) is 4.98 Å². The number of nitrogens with zero attached hydrogens (tertiary/aromatic N) is 2. The highest BCUT2D eigenvalue weighted by Crippen LogP contribution is 2.25. The second-order valence-electron chi connectivity index (χ2n) is 3.43. The first-order valence-corrected chi connectivity index (χ1v) is 6.55. The monoisotopic (exact) mass is 246 g/mol. The van der Waals surface area contributed by atoms with Crippen LogP contribution in [0.2, 0.25) is 0 Å². The number of nitriles is 1. The number of thiazole rings is 1. The summed E-state index contributed by atoms with van der Waals surface area (Å²) in [4.78, 5) is 5.45. The fourth-order valence-corrected chi connectivity index (χ4v) is 2.90. The van der Waals surface area contributed by atoms with Crippen LogP contribution in [0.5, 0.6) is 0 Å². The lowest BCUT2D eigenvalue weighted by Gasteiger charge is -1.93. The maximum atomic E-state index is 9.13. The number of aryl methyl sites for hydroxylation is 2. The lowest BCUT2D eigenvalue weighted by Crippen LogP contribution is -1.80. The largest absolute Gasteiger partial charge is 0.241 e. The van der Waals surface area contributed by atoms with Crippen molar-refractivity contribution in [3.05, 3.63) is 38.0 Å². The predicted molar refractivity (Wildman–Crippen MR) is 69.4 cm³/mol. The summed E-state index contributed by atoms with van der Waals surface area (Å²) in [5.74, 6) is 0. The van der Waals surface area contributed by atoms with E-state index in [1.807, 2.05) is 30.7 Å². The van der Waals surface area contributed by atoms with Gasteiger partial charge in [-0.15, -0.1) is 22.7 Å². The van der Waals surface area contributed by atoms with Gasteiger partial charge in [0.05, 0.1) is 5.57 Å². The maximum absolute atomic E-state index is 9.13. The normalized spacial score (nSPS) is 11.4. The third-order valence-corrected chi connectivity index (χ3v) is 4.11. The quantitative estimate of drug-likeness (QED) is 0.754. The van der Waals surface area contributed by atoms with Crippen LogP contribution in [0, 0.1) is 25.2 Å². The lowest BCUT2D eigenvalue weighted by atomic mass is 10.2. The van der Waals surface area contributed by atoms with Crippen LogP contribution in [0.25, 0.3) is 11.6 Å². The number of hydrogen-bond acceptors (Lipinski definition) is 4. The van der Waals surface area contributed by atoms with Gasteiger partial charge < -0.3 is 0 Å². The van der Waals surface area contributed by atoms with Crippen LogP contribution < -0.4 is 0 Å². The van der Waals surface area contributed by atoms with Crippen molar-refractivity contribution in [3.8, 4) is 6.07 Å². The van der Waals surface area contributed by atoms with Crippen LogP contribution in [0.1, 0.15) is 21.1 Å². The van der Waals surface area contributed by atoms with Crippen molar-refractivity contribution in [2.45, 2.75) is 13.8 Å². The Kier molecular flexibility index (Phi) is 3.18. The predicted octanol–water partition coefficient (Wildman–Crippen LogP) is 3.89. The fourth-order valence-electron chi connectivity index (χ4n) is 1.28. The summed E-state index contributed by atoms with van der Waals surface area (Å²) in [5, 5.41) is 13.9. The van der Waals surface area contributed by atoms with Crippen LogP contribution in [0.4, 0.5) is 0 Å². The molecule has 0 unspecified atom stereocenters. The smallest absolute Gasteiger partial charge is 0.134 e. The summed E-state index contributed by atoms with van der Waals surface area (Å²) in [5.41, 5.74) is 2.80. The second kappa shape index (κ2) is 4.60. The Hall–Kier alpha value is -1.44. The van der Waals surface area contributed by atoms with E-state index in [2.05, 4.69) is 17.1 Å². The van der Waals surface area contributed by atoms with Gasteiger partial charge in [0, 0.05) is 16.0 Å². The van der Waals surface area contributed by atoms with Gasteiger partial charge in [0.1, 0.15) is 11.1 Å². The van der Waals surface area contributed by atoms with E-state index in [0.717, 1.165) is 15.6 Å². The van der Waals surface area contributed by atoms with Gasteiger partial charge >= 0.3 is 0 Å². The van der Waals surface area contributed by atoms with Gasteiger partial charge in [-0.05, 0) is 36.9 Å². The Morgan fingerprint density at radius 3 is 2.75 bits per heavy atom. The Bertz CT molecular complexity index is 570. The standard InChI is InChI=1S/C12H10N2S2/c1-8-3-4-15-11(8)5-10(6-13)12-14-9(2)7-16-12/h3-5,7H,1-2H3/b10-5+. The Balaban J connectivity index is 2.42. The van der Waals surface area contributed by atoms with Gasteiger partial charge in [-0.2, -0.15) is 5.26 Å². The minimum absolute atomic E-state index is 0.642. The molecule has 0 atom stereocenters. The number of rotatable bonds is 2. The molecule has 4 heteroatoms. The summed E-state index contributed by atoms with van der Waals surface area (Å²) in [6.45, 7) is 3.98.